The molecule has 0 unspecified atom stereocenters. The predicted molar refractivity (Wildman–Crippen MR) is 94.7 cm³/mol. The molecule has 5 heteroatoms. The quantitative estimate of drug-likeness (QED) is 0.364. The zero-order valence-electron chi connectivity index (χ0n) is 13.0. The molecule has 23 heavy (non-hydrogen) atoms. The van der Waals surface area contributed by atoms with E-state index in [0.29, 0.717) is 16.9 Å². The van der Waals surface area contributed by atoms with Crippen molar-refractivity contribution < 1.29 is 9.53 Å². The molecule has 0 aromatic heterocycles. The van der Waals surface area contributed by atoms with Gasteiger partial charge in [0.25, 0.3) is 0 Å². The number of nitrogen functional groups attached to an aromatic ring is 1. The van der Waals surface area contributed by atoms with Crippen LogP contribution in [0.3, 0.4) is 0 Å². The number of amidine groups is 1. The molecule has 2 rings (SSSR count). The van der Waals surface area contributed by atoms with E-state index in [0.717, 1.165) is 19.3 Å². The second kappa shape index (κ2) is 8.96. The second-order valence-corrected chi connectivity index (χ2v) is 5.13. The van der Waals surface area contributed by atoms with Gasteiger partial charge in [0.1, 0.15) is 11.6 Å². The van der Waals surface area contributed by atoms with Crippen LogP contribution in [0.1, 0.15) is 41.3 Å². The summed E-state index contributed by atoms with van der Waals surface area (Å²) in [5, 5.41) is 7.32. The van der Waals surface area contributed by atoms with E-state index < -0.39 is 5.97 Å². The summed E-state index contributed by atoms with van der Waals surface area (Å²) in [6, 6.07) is 14.1. The molecule has 0 amide bonds. The summed E-state index contributed by atoms with van der Waals surface area (Å²) in [7, 11) is 0. The molecule has 0 atom stereocenters. The van der Waals surface area contributed by atoms with Gasteiger partial charge in [0.2, 0.25) is 0 Å². The summed E-state index contributed by atoms with van der Waals surface area (Å²) >= 11 is 0. The van der Waals surface area contributed by atoms with Gasteiger partial charge in [-0.1, -0.05) is 25.5 Å². The number of nitrogens with one attached hydrogen (secondary N) is 1. The fourth-order valence-electron chi connectivity index (χ4n) is 2.06. The van der Waals surface area contributed by atoms with Crippen LogP contribution in [0.2, 0.25) is 0 Å². The molecule has 0 saturated carbocycles. The Balaban J connectivity index is 0.00000264. The molecule has 2 aromatic carbocycles. The molecular formula is C18H21ClN2O2. The number of rotatable bonds is 6. The fourth-order valence-corrected chi connectivity index (χ4v) is 2.06. The third-order valence-electron chi connectivity index (χ3n) is 3.38. The van der Waals surface area contributed by atoms with E-state index in [2.05, 4.69) is 6.92 Å². The van der Waals surface area contributed by atoms with Crippen LogP contribution < -0.4 is 10.5 Å². The van der Waals surface area contributed by atoms with Gasteiger partial charge in [-0.05, 0) is 54.8 Å². The Hall–Kier alpha value is -2.33. The van der Waals surface area contributed by atoms with Gasteiger partial charge in [-0.15, -0.1) is 12.4 Å². The maximum Gasteiger partial charge on any atom is 0.343 e. The minimum atomic E-state index is -0.391. The van der Waals surface area contributed by atoms with Crippen molar-refractivity contribution in [3.8, 4) is 5.75 Å². The highest BCUT2D eigenvalue weighted by Crippen LogP contribution is 2.15. The third-order valence-corrected chi connectivity index (χ3v) is 3.38. The first-order valence-corrected chi connectivity index (χ1v) is 7.35. The van der Waals surface area contributed by atoms with Crippen LogP contribution in [-0.2, 0) is 6.42 Å². The number of ether oxygens (including phenoxy) is 1. The van der Waals surface area contributed by atoms with Crippen LogP contribution in [-0.4, -0.2) is 11.8 Å². The number of aryl methyl sites for hydroxylation is 1. The van der Waals surface area contributed by atoms with Crippen molar-refractivity contribution >= 4 is 24.2 Å². The summed E-state index contributed by atoms with van der Waals surface area (Å²) in [4.78, 5) is 12.1. The Morgan fingerprint density at radius 3 is 2.13 bits per heavy atom. The van der Waals surface area contributed by atoms with Crippen LogP contribution in [0.25, 0.3) is 0 Å². The predicted octanol–water partition coefficient (Wildman–Crippen LogP) is 3.95. The lowest BCUT2D eigenvalue weighted by Gasteiger charge is -2.06. The van der Waals surface area contributed by atoms with Gasteiger partial charge in [-0.25, -0.2) is 4.79 Å². The Kier molecular flexibility index (Phi) is 7.29. The maximum atomic E-state index is 12.1. The monoisotopic (exact) mass is 332 g/mol. The molecular weight excluding hydrogens is 312 g/mol. The van der Waals surface area contributed by atoms with Gasteiger partial charge < -0.3 is 10.5 Å². The third kappa shape index (κ3) is 5.42. The number of benzene rings is 2. The van der Waals surface area contributed by atoms with Gasteiger partial charge in [0.15, 0.2) is 0 Å². The van der Waals surface area contributed by atoms with Crippen molar-refractivity contribution in [3.05, 3.63) is 65.2 Å². The largest absolute Gasteiger partial charge is 0.423 e. The number of esters is 1. The first-order valence-electron chi connectivity index (χ1n) is 7.35. The highest BCUT2D eigenvalue weighted by atomic mass is 35.5. The average Bonchev–Trinajstić information content (AvgIpc) is 2.54. The molecule has 2 aromatic rings. The summed E-state index contributed by atoms with van der Waals surface area (Å²) in [5.41, 5.74) is 7.73. The fraction of sp³-hybridized carbons (Fsp3) is 0.222. The van der Waals surface area contributed by atoms with E-state index >= 15 is 0 Å². The van der Waals surface area contributed by atoms with Gasteiger partial charge in [0.05, 0.1) is 5.56 Å². The number of carbonyl (C=O) groups is 1. The molecule has 0 heterocycles. The van der Waals surface area contributed by atoms with Crippen LogP contribution in [0.5, 0.6) is 5.75 Å². The lowest BCUT2D eigenvalue weighted by Crippen LogP contribution is -2.11. The lowest BCUT2D eigenvalue weighted by atomic mass is 10.1. The number of unbranched alkanes of at least 4 members (excludes halogenated alkanes) is 1. The smallest absolute Gasteiger partial charge is 0.343 e. The van der Waals surface area contributed by atoms with Crippen molar-refractivity contribution in [3.63, 3.8) is 0 Å². The van der Waals surface area contributed by atoms with Crippen LogP contribution >= 0.6 is 12.4 Å². The molecule has 0 spiro atoms. The second-order valence-electron chi connectivity index (χ2n) is 5.13. The van der Waals surface area contributed by atoms with Crippen LogP contribution in [0.4, 0.5) is 0 Å². The van der Waals surface area contributed by atoms with Gasteiger partial charge >= 0.3 is 5.97 Å². The Labute approximate surface area is 142 Å². The van der Waals surface area contributed by atoms with Crippen LogP contribution in [0, 0.1) is 5.41 Å². The van der Waals surface area contributed by atoms with E-state index in [-0.39, 0.29) is 18.2 Å². The van der Waals surface area contributed by atoms with Crippen LogP contribution in [0.15, 0.2) is 48.5 Å². The first kappa shape index (κ1) is 18.7. The molecule has 0 radical (unpaired) electrons. The number of nitrogens with two attached hydrogens (primary N) is 1. The topological polar surface area (TPSA) is 76.2 Å². The lowest BCUT2D eigenvalue weighted by molar-refractivity contribution is 0.0735. The number of carbonyl (C=O) groups excluding carboxylic acids is 1. The van der Waals surface area contributed by atoms with Crippen molar-refractivity contribution in [1.29, 1.82) is 5.41 Å². The molecule has 0 aliphatic rings. The molecule has 0 aliphatic carbocycles. The van der Waals surface area contributed by atoms with E-state index in [1.54, 1.807) is 36.4 Å². The standard InChI is InChI=1S/C18H20N2O2.ClH/c1-2-3-4-13-5-7-15(8-6-13)18(21)22-16-11-9-14(10-12-16)17(19)20;/h5-12H,2-4H2,1H3,(H3,19,20);1H. The number of hydrogen-bond donors (Lipinski definition) is 2. The molecule has 4 nitrogen and oxygen atoms in total. The number of hydrogen-bond acceptors (Lipinski definition) is 3. The molecule has 3 N–H and O–H groups in total. The first-order chi connectivity index (χ1) is 10.6. The van der Waals surface area contributed by atoms with E-state index in [4.69, 9.17) is 15.9 Å². The minimum absolute atomic E-state index is 0. The van der Waals surface area contributed by atoms with E-state index in [1.165, 1.54) is 5.56 Å². The molecule has 0 fully saturated rings. The maximum absolute atomic E-state index is 12.1. The van der Waals surface area contributed by atoms with Crippen molar-refractivity contribution in [2.24, 2.45) is 5.73 Å². The van der Waals surface area contributed by atoms with E-state index in [9.17, 15) is 4.79 Å². The molecule has 0 aliphatic heterocycles. The molecule has 0 saturated heterocycles. The summed E-state index contributed by atoms with van der Waals surface area (Å²) in [6.45, 7) is 2.16. The van der Waals surface area contributed by atoms with Crippen molar-refractivity contribution in [2.45, 2.75) is 26.2 Å². The highest BCUT2D eigenvalue weighted by molar-refractivity contribution is 5.95. The Bertz CT molecular complexity index is 652. The summed E-state index contributed by atoms with van der Waals surface area (Å²) in [5.74, 6) is 0.0308. The van der Waals surface area contributed by atoms with Crippen molar-refractivity contribution in [2.75, 3.05) is 0 Å². The van der Waals surface area contributed by atoms with Gasteiger partial charge in [0, 0.05) is 5.56 Å². The Morgan fingerprint density at radius 1 is 1.04 bits per heavy atom. The normalized spacial score (nSPS) is 9.78. The summed E-state index contributed by atoms with van der Waals surface area (Å²) in [6.07, 6.45) is 3.32. The zero-order chi connectivity index (χ0) is 15.9. The average molecular weight is 333 g/mol. The Morgan fingerprint density at radius 2 is 1.61 bits per heavy atom. The molecule has 0 bridgehead atoms. The van der Waals surface area contributed by atoms with E-state index in [1.807, 2.05) is 12.1 Å². The van der Waals surface area contributed by atoms with Gasteiger partial charge in [-0.2, -0.15) is 0 Å². The minimum Gasteiger partial charge on any atom is -0.423 e. The van der Waals surface area contributed by atoms with Gasteiger partial charge in [-0.3, -0.25) is 5.41 Å². The summed E-state index contributed by atoms with van der Waals surface area (Å²) < 4.78 is 5.31. The zero-order valence-corrected chi connectivity index (χ0v) is 13.9. The molecule has 122 valence electrons. The number of halogens is 1. The van der Waals surface area contributed by atoms with Crippen molar-refractivity contribution in [1.82, 2.24) is 0 Å². The highest BCUT2D eigenvalue weighted by Gasteiger charge is 2.08. The SMILES string of the molecule is CCCCc1ccc(C(=O)Oc2ccc(C(=N)N)cc2)cc1.Cl.